The molecule has 0 saturated carbocycles. The quantitative estimate of drug-likeness (QED) is 0.593. The third kappa shape index (κ3) is 5.19. The summed E-state index contributed by atoms with van der Waals surface area (Å²) in [6.45, 7) is 5.98. The van der Waals surface area contributed by atoms with Crippen LogP contribution in [0, 0.1) is 6.92 Å². The van der Waals surface area contributed by atoms with Crippen molar-refractivity contribution in [3.63, 3.8) is 0 Å². The highest BCUT2D eigenvalue weighted by Gasteiger charge is 2.20. The Morgan fingerprint density at radius 2 is 1.93 bits per heavy atom. The van der Waals surface area contributed by atoms with E-state index in [9.17, 15) is 9.59 Å². The number of thiazole rings is 1. The molecule has 0 saturated heterocycles. The zero-order valence-electron chi connectivity index (χ0n) is 17.1. The smallest absolute Gasteiger partial charge is 0.320 e. The molecule has 3 rings (SSSR count). The molecule has 29 heavy (non-hydrogen) atoms. The van der Waals surface area contributed by atoms with Crippen molar-refractivity contribution < 1.29 is 14.3 Å². The normalized spacial score (nSPS) is 12.2. The van der Waals surface area contributed by atoms with Gasteiger partial charge in [0.25, 0.3) is 0 Å². The third-order valence-electron chi connectivity index (χ3n) is 4.67. The van der Waals surface area contributed by atoms with Gasteiger partial charge in [-0.05, 0) is 69.8 Å². The number of esters is 1. The van der Waals surface area contributed by atoms with Crippen LogP contribution in [0.3, 0.4) is 0 Å². The lowest BCUT2D eigenvalue weighted by molar-refractivity contribution is -0.144. The summed E-state index contributed by atoms with van der Waals surface area (Å²) in [5, 5.41) is 3.84. The Balaban J connectivity index is 1.65. The molecule has 1 N–H and O–H groups in total. The van der Waals surface area contributed by atoms with Crippen LogP contribution in [-0.4, -0.2) is 48.0 Å². The summed E-state index contributed by atoms with van der Waals surface area (Å²) in [6, 6.07) is 13.4. The number of aryl methyl sites for hydroxylation is 1. The molecule has 152 valence electrons. The summed E-state index contributed by atoms with van der Waals surface area (Å²) in [6.07, 6.45) is 0. The van der Waals surface area contributed by atoms with E-state index in [2.05, 4.69) is 29.4 Å². The zero-order chi connectivity index (χ0) is 21.0. The Hall–Kier alpha value is -2.77. The highest BCUT2D eigenvalue weighted by Crippen LogP contribution is 2.31. The minimum Gasteiger partial charge on any atom is -0.465 e. The molecule has 1 aromatic heterocycles. The number of hydrogen-bond acceptors (Lipinski definition) is 6. The van der Waals surface area contributed by atoms with Gasteiger partial charge in [0.1, 0.15) is 5.01 Å². The monoisotopic (exact) mass is 411 g/mol. The van der Waals surface area contributed by atoms with E-state index in [0.717, 1.165) is 20.8 Å². The van der Waals surface area contributed by atoms with E-state index in [1.807, 2.05) is 30.3 Å². The fourth-order valence-electron chi connectivity index (χ4n) is 2.85. The SMILES string of the molecule is CCOC(=O)CN(C)C(C)C(=O)Nc1ccc(-c2nc3ccc(C)cc3s2)cc1. The maximum atomic E-state index is 12.5. The van der Waals surface area contributed by atoms with E-state index in [1.54, 1.807) is 37.1 Å². The van der Waals surface area contributed by atoms with Gasteiger partial charge in [-0.2, -0.15) is 0 Å². The minimum atomic E-state index is -0.466. The number of hydrogen-bond donors (Lipinski definition) is 1. The second-order valence-corrected chi connectivity index (χ2v) is 7.98. The van der Waals surface area contributed by atoms with Crippen molar-refractivity contribution in [2.24, 2.45) is 0 Å². The third-order valence-corrected chi connectivity index (χ3v) is 5.73. The lowest BCUT2D eigenvalue weighted by Crippen LogP contribution is -2.42. The number of aromatic nitrogens is 1. The Bertz CT molecular complexity index is 1010. The molecule has 0 fully saturated rings. The van der Waals surface area contributed by atoms with Gasteiger partial charge in [-0.1, -0.05) is 6.07 Å². The van der Waals surface area contributed by atoms with E-state index >= 15 is 0 Å². The van der Waals surface area contributed by atoms with E-state index in [4.69, 9.17) is 4.74 Å². The van der Waals surface area contributed by atoms with Crippen molar-refractivity contribution >= 4 is 39.1 Å². The summed E-state index contributed by atoms with van der Waals surface area (Å²) >= 11 is 1.65. The van der Waals surface area contributed by atoms with Gasteiger partial charge < -0.3 is 10.1 Å². The topological polar surface area (TPSA) is 71.5 Å². The number of nitrogens with one attached hydrogen (secondary N) is 1. The Labute approximate surface area is 174 Å². The first-order valence-corrected chi connectivity index (χ1v) is 10.3. The van der Waals surface area contributed by atoms with E-state index in [1.165, 1.54) is 5.56 Å². The van der Waals surface area contributed by atoms with Crippen LogP contribution in [0.4, 0.5) is 5.69 Å². The van der Waals surface area contributed by atoms with Gasteiger partial charge in [0, 0.05) is 11.3 Å². The number of anilines is 1. The first-order chi connectivity index (χ1) is 13.9. The van der Waals surface area contributed by atoms with Crippen molar-refractivity contribution in [1.82, 2.24) is 9.88 Å². The molecule has 0 radical (unpaired) electrons. The number of likely N-dealkylation sites (N-methyl/N-ethyl adjacent to an activating group) is 1. The molecule has 0 aliphatic heterocycles. The summed E-state index contributed by atoms with van der Waals surface area (Å²) in [4.78, 5) is 30.4. The summed E-state index contributed by atoms with van der Waals surface area (Å²) in [7, 11) is 1.72. The van der Waals surface area contributed by atoms with Crippen molar-refractivity contribution in [1.29, 1.82) is 0 Å². The molecule has 1 heterocycles. The minimum absolute atomic E-state index is 0.0679. The highest BCUT2D eigenvalue weighted by atomic mass is 32.1. The molecule has 2 aromatic carbocycles. The van der Waals surface area contributed by atoms with Crippen LogP contribution in [-0.2, 0) is 14.3 Å². The predicted molar refractivity (Wildman–Crippen MR) is 117 cm³/mol. The molecule has 6 nitrogen and oxygen atoms in total. The van der Waals surface area contributed by atoms with Gasteiger partial charge in [0.2, 0.25) is 5.91 Å². The lowest BCUT2D eigenvalue weighted by atomic mass is 10.2. The van der Waals surface area contributed by atoms with Crippen LogP contribution < -0.4 is 5.32 Å². The van der Waals surface area contributed by atoms with Crippen LogP contribution >= 0.6 is 11.3 Å². The average molecular weight is 412 g/mol. The van der Waals surface area contributed by atoms with E-state index < -0.39 is 6.04 Å². The molecule has 0 spiro atoms. The van der Waals surface area contributed by atoms with E-state index in [-0.39, 0.29) is 18.4 Å². The van der Waals surface area contributed by atoms with Crippen molar-refractivity contribution in [3.05, 3.63) is 48.0 Å². The first kappa shape index (κ1) is 21.0. The van der Waals surface area contributed by atoms with Crippen LogP contribution in [0.15, 0.2) is 42.5 Å². The number of rotatable bonds is 7. The molecule has 3 aromatic rings. The second kappa shape index (κ2) is 9.15. The number of nitrogens with zero attached hydrogens (tertiary/aromatic N) is 2. The number of fused-ring (bicyclic) bond motifs is 1. The molecule has 1 atom stereocenters. The number of carbonyl (C=O) groups excluding carboxylic acids is 2. The van der Waals surface area contributed by atoms with Gasteiger partial charge in [0.05, 0.1) is 29.4 Å². The molecule has 1 amide bonds. The van der Waals surface area contributed by atoms with Gasteiger partial charge >= 0.3 is 5.97 Å². The van der Waals surface area contributed by atoms with Crippen molar-refractivity contribution in [3.8, 4) is 10.6 Å². The largest absolute Gasteiger partial charge is 0.465 e. The van der Waals surface area contributed by atoms with Gasteiger partial charge in [-0.3, -0.25) is 14.5 Å². The Morgan fingerprint density at radius 1 is 1.21 bits per heavy atom. The molecule has 1 unspecified atom stereocenters. The maximum Gasteiger partial charge on any atom is 0.320 e. The first-order valence-electron chi connectivity index (χ1n) is 9.51. The lowest BCUT2D eigenvalue weighted by Gasteiger charge is -2.22. The van der Waals surface area contributed by atoms with Crippen LogP contribution in [0.5, 0.6) is 0 Å². The number of benzene rings is 2. The molecule has 0 aliphatic carbocycles. The van der Waals surface area contributed by atoms with Crippen LogP contribution in [0.1, 0.15) is 19.4 Å². The number of amides is 1. The summed E-state index contributed by atoms with van der Waals surface area (Å²) in [5.74, 6) is -0.523. The summed E-state index contributed by atoms with van der Waals surface area (Å²) in [5.41, 5.74) is 3.92. The van der Waals surface area contributed by atoms with Crippen molar-refractivity contribution in [2.75, 3.05) is 25.5 Å². The predicted octanol–water partition coefficient (Wildman–Crippen LogP) is 4.09. The Kier molecular flexibility index (Phi) is 6.61. The molecular weight excluding hydrogens is 386 g/mol. The van der Waals surface area contributed by atoms with Gasteiger partial charge in [-0.25, -0.2) is 4.98 Å². The van der Waals surface area contributed by atoms with Crippen LogP contribution in [0.2, 0.25) is 0 Å². The molecule has 0 aliphatic rings. The van der Waals surface area contributed by atoms with Gasteiger partial charge in [0.15, 0.2) is 0 Å². The van der Waals surface area contributed by atoms with Crippen molar-refractivity contribution in [2.45, 2.75) is 26.8 Å². The standard InChI is InChI=1S/C22H25N3O3S/c1-5-28-20(26)13-25(4)15(3)21(27)23-17-9-7-16(8-10-17)22-24-18-11-6-14(2)12-19(18)29-22/h6-12,15H,5,13H2,1-4H3,(H,23,27). The zero-order valence-corrected chi connectivity index (χ0v) is 17.9. The van der Waals surface area contributed by atoms with Gasteiger partial charge in [-0.15, -0.1) is 11.3 Å². The fraction of sp³-hybridized carbons (Fsp3) is 0.318. The molecular formula is C22H25N3O3S. The maximum absolute atomic E-state index is 12.5. The average Bonchev–Trinajstić information content (AvgIpc) is 3.11. The Morgan fingerprint density at radius 3 is 2.62 bits per heavy atom. The molecule has 7 heteroatoms. The number of ether oxygens (including phenoxy) is 1. The highest BCUT2D eigenvalue weighted by molar-refractivity contribution is 7.21. The summed E-state index contributed by atoms with van der Waals surface area (Å²) < 4.78 is 6.09. The second-order valence-electron chi connectivity index (χ2n) is 6.95. The van der Waals surface area contributed by atoms with Crippen LogP contribution in [0.25, 0.3) is 20.8 Å². The number of carbonyl (C=O) groups is 2. The molecule has 0 bridgehead atoms. The van der Waals surface area contributed by atoms with E-state index in [0.29, 0.717) is 12.3 Å². The fourth-order valence-corrected chi connectivity index (χ4v) is 3.91.